The minimum absolute atomic E-state index is 0.134. The van der Waals surface area contributed by atoms with Crippen molar-refractivity contribution in [2.24, 2.45) is 0 Å². The van der Waals surface area contributed by atoms with Crippen LogP contribution in [-0.2, 0) is 4.79 Å². The Balaban J connectivity index is 2.67. The highest BCUT2D eigenvalue weighted by molar-refractivity contribution is 6.55. The number of anilines is 1. The van der Waals surface area contributed by atoms with Gasteiger partial charge in [0.15, 0.2) is 0 Å². The first kappa shape index (κ1) is 7.64. The zero-order chi connectivity index (χ0) is 8.88. The second kappa shape index (κ2) is 2.24. The van der Waals surface area contributed by atoms with E-state index in [1.165, 1.54) is 0 Å². The van der Waals surface area contributed by atoms with Crippen LogP contribution in [0.25, 0.3) is 0 Å². The number of ketones is 1. The first-order valence-electron chi connectivity index (χ1n) is 3.04. The van der Waals surface area contributed by atoms with E-state index in [0.29, 0.717) is 0 Å². The number of amides is 1. The molecule has 0 saturated carbocycles. The lowest BCUT2D eigenvalue weighted by molar-refractivity contribution is -0.112. The first-order valence-corrected chi connectivity index (χ1v) is 3.79. The van der Waals surface area contributed by atoms with Crippen LogP contribution in [0.5, 0.6) is 0 Å². The quantitative estimate of drug-likeness (QED) is 0.629. The third kappa shape index (κ3) is 0.790. The maximum absolute atomic E-state index is 11.0. The van der Waals surface area contributed by atoms with Gasteiger partial charge in [0, 0.05) is 0 Å². The molecule has 1 aliphatic rings. The van der Waals surface area contributed by atoms with Gasteiger partial charge < -0.3 is 10.3 Å². The smallest absolute Gasteiger partial charge is 0.298 e. The lowest BCUT2D eigenvalue weighted by atomic mass is 10.3. The molecule has 0 fully saturated rings. The molecule has 2 rings (SSSR count). The number of halogens is 2. The van der Waals surface area contributed by atoms with Gasteiger partial charge in [-0.3, -0.25) is 9.59 Å². The molecule has 12 heavy (non-hydrogen) atoms. The van der Waals surface area contributed by atoms with E-state index in [1.54, 1.807) is 0 Å². The Kier molecular flexibility index (Phi) is 1.43. The number of rotatable bonds is 0. The minimum Gasteiger partial charge on any atom is -0.340 e. The number of carbonyl (C=O) groups excluding carboxylic acids is 2. The summed E-state index contributed by atoms with van der Waals surface area (Å²) in [5.74, 6) is -1.33. The molecule has 0 saturated heterocycles. The van der Waals surface area contributed by atoms with E-state index >= 15 is 0 Å². The molecular formula is C6H2Cl2N2O2. The molecule has 0 radical (unpaired) electrons. The van der Waals surface area contributed by atoms with E-state index < -0.39 is 11.7 Å². The average molecular weight is 205 g/mol. The Morgan fingerprint density at radius 2 is 1.83 bits per heavy atom. The summed E-state index contributed by atoms with van der Waals surface area (Å²) in [6, 6.07) is 0. The van der Waals surface area contributed by atoms with Gasteiger partial charge in [0.2, 0.25) is 0 Å². The monoisotopic (exact) mass is 204 g/mol. The highest BCUT2D eigenvalue weighted by Crippen LogP contribution is 2.36. The second-order valence-electron chi connectivity index (χ2n) is 2.29. The normalized spacial score (nSPS) is 14.8. The van der Waals surface area contributed by atoms with Crippen molar-refractivity contribution < 1.29 is 9.59 Å². The number of H-pyrrole nitrogens is 1. The third-order valence-electron chi connectivity index (χ3n) is 1.57. The van der Waals surface area contributed by atoms with Gasteiger partial charge in [0.05, 0.1) is 5.69 Å². The standard InChI is InChI=1S/C6H2Cl2N2O2/c7-1-2-3(9-5(1)8)4(11)6(12)10-2/h9H,(H,10,11,12). The van der Waals surface area contributed by atoms with Crippen LogP contribution in [0.1, 0.15) is 10.5 Å². The van der Waals surface area contributed by atoms with Crippen molar-refractivity contribution in [3.63, 3.8) is 0 Å². The summed E-state index contributed by atoms with van der Waals surface area (Å²) < 4.78 is 0. The van der Waals surface area contributed by atoms with Crippen LogP contribution in [0.3, 0.4) is 0 Å². The molecule has 0 aliphatic carbocycles. The van der Waals surface area contributed by atoms with Crippen molar-refractivity contribution in [1.82, 2.24) is 4.98 Å². The van der Waals surface area contributed by atoms with Crippen molar-refractivity contribution in [3.8, 4) is 0 Å². The molecular weight excluding hydrogens is 203 g/mol. The molecule has 0 spiro atoms. The van der Waals surface area contributed by atoms with Crippen LogP contribution in [0, 0.1) is 0 Å². The number of nitrogens with one attached hydrogen (secondary N) is 2. The number of aromatic amines is 1. The molecule has 2 heterocycles. The van der Waals surface area contributed by atoms with E-state index in [2.05, 4.69) is 10.3 Å². The third-order valence-corrected chi connectivity index (χ3v) is 2.33. The fraction of sp³-hybridized carbons (Fsp3) is 0. The van der Waals surface area contributed by atoms with E-state index in [-0.39, 0.29) is 21.6 Å². The fourth-order valence-corrected chi connectivity index (χ4v) is 1.40. The zero-order valence-electron chi connectivity index (χ0n) is 5.57. The minimum atomic E-state index is -0.685. The number of aromatic nitrogens is 1. The van der Waals surface area contributed by atoms with Crippen LogP contribution in [-0.4, -0.2) is 16.7 Å². The lowest BCUT2D eigenvalue weighted by Crippen LogP contribution is -2.13. The molecule has 1 aromatic rings. The van der Waals surface area contributed by atoms with Crippen LogP contribution in [0.2, 0.25) is 10.2 Å². The predicted octanol–water partition coefficient (Wildman–Crippen LogP) is 1.46. The molecule has 6 heteroatoms. The Bertz CT molecular complexity index is 396. The molecule has 1 amide bonds. The Labute approximate surface area is 76.8 Å². The van der Waals surface area contributed by atoms with Crippen LogP contribution in [0.15, 0.2) is 0 Å². The molecule has 2 N–H and O–H groups in total. The summed E-state index contributed by atoms with van der Waals surface area (Å²) >= 11 is 11.2. The summed E-state index contributed by atoms with van der Waals surface area (Å²) in [5, 5.41) is 2.63. The Hall–Kier alpha value is -1.00. The van der Waals surface area contributed by atoms with Crippen molar-refractivity contribution in [2.75, 3.05) is 5.32 Å². The van der Waals surface area contributed by atoms with Crippen molar-refractivity contribution in [2.45, 2.75) is 0 Å². The van der Waals surface area contributed by atoms with E-state index in [4.69, 9.17) is 23.2 Å². The van der Waals surface area contributed by atoms with E-state index in [0.717, 1.165) is 0 Å². The predicted molar refractivity (Wildman–Crippen MR) is 43.8 cm³/mol. The van der Waals surface area contributed by atoms with Gasteiger partial charge in [-0.1, -0.05) is 23.2 Å². The number of fused-ring (bicyclic) bond motifs is 1. The summed E-state index contributed by atoms with van der Waals surface area (Å²) in [5.41, 5.74) is 0.409. The topological polar surface area (TPSA) is 62.0 Å². The van der Waals surface area contributed by atoms with Gasteiger partial charge in [0.25, 0.3) is 11.7 Å². The number of carbonyl (C=O) groups is 2. The molecule has 0 bridgehead atoms. The summed E-state index contributed by atoms with van der Waals surface area (Å²) in [4.78, 5) is 24.3. The Morgan fingerprint density at radius 1 is 1.17 bits per heavy atom. The highest BCUT2D eigenvalue weighted by atomic mass is 35.5. The first-order chi connectivity index (χ1) is 5.61. The van der Waals surface area contributed by atoms with E-state index in [1.807, 2.05) is 0 Å². The molecule has 62 valence electrons. The fourth-order valence-electron chi connectivity index (χ4n) is 1.02. The molecule has 1 aliphatic heterocycles. The largest absolute Gasteiger partial charge is 0.340 e. The number of hydrogen-bond donors (Lipinski definition) is 2. The van der Waals surface area contributed by atoms with Gasteiger partial charge in [-0.25, -0.2) is 0 Å². The average Bonchev–Trinajstić information content (AvgIpc) is 2.43. The number of Topliss-reactive ketones (excluding diaryl/α,β-unsaturated/α-hetero) is 1. The van der Waals surface area contributed by atoms with E-state index in [9.17, 15) is 9.59 Å². The zero-order valence-corrected chi connectivity index (χ0v) is 7.08. The van der Waals surface area contributed by atoms with Crippen molar-refractivity contribution >= 4 is 40.6 Å². The SMILES string of the molecule is O=C1Nc2c([nH]c(Cl)c2Cl)C1=O. The maximum Gasteiger partial charge on any atom is 0.298 e. The highest BCUT2D eigenvalue weighted by Gasteiger charge is 2.33. The van der Waals surface area contributed by atoms with Gasteiger partial charge in [-0.05, 0) is 0 Å². The van der Waals surface area contributed by atoms with Crippen LogP contribution < -0.4 is 5.32 Å². The van der Waals surface area contributed by atoms with Gasteiger partial charge in [-0.2, -0.15) is 0 Å². The van der Waals surface area contributed by atoms with Crippen molar-refractivity contribution in [3.05, 3.63) is 15.9 Å². The summed E-state index contributed by atoms with van der Waals surface area (Å²) in [7, 11) is 0. The van der Waals surface area contributed by atoms with Gasteiger partial charge in [-0.15, -0.1) is 0 Å². The second-order valence-corrected chi connectivity index (χ2v) is 3.04. The Morgan fingerprint density at radius 3 is 2.42 bits per heavy atom. The summed E-state index contributed by atoms with van der Waals surface area (Å²) in [6.45, 7) is 0. The molecule has 4 nitrogen and oxygen atoms in total. The van der Waals surface area contributed by atoms with Gasteiger partial charge in [0.1, 0.15) is 15.9 Å². The number of hydrogen-bond acceptors (Lipinski definition) is 2. The van der Waals surface area contributed by atoms with Gasteiger partial charge >= 0.3 is 0 Å². The maximum atomic E-state index is 11.0. The molecule has 0 unspecified atom stereocenters. The lowest BCUT2D eigenvalue weighted by Gasteiger charge is -1.90. The van der Waals surface area contributed by atoms with Crippen LogP contribution >= 0.6 is 23.2 Å². The van der Waals surface area contributed by atoms with Crippen LogP contribution in [0.4, 0.5) is 5.69 Å². The molecule has 0 atom stereocenters. The van der Waals surface area contributed by atoms with Crippen molar-refractivity contribution in [1.29, 1.82) is 0 Å². The molecule has 0 aromatic carbocycles. The summed E-state index contributed by atoms with van der Waals surface area (Å²) in [6.07, 6.45) is 0. The molecule has 1 aromatic heterocycles.